The van der Waals surface area contributed by atoms with Gasteiger partial charge in [0.05, 0.1) is 4.90 Å². The number of carbonyl (C=O) groups is 3. The number of likely N-dealkylation sites (tertiary alicyclic amines) is 1. The largest absolute Gasteiger partial charge is 0.483 e. The molecule has 0 unspecified atom stereocenters. The van der Waals surface area contributed by atoms with Gasteiger partial charge in [0, 0.05) is 37.7 Å². The van der Waals surface area contributed by atoms with Crippen LogP contribution in [0.15, 0.2) is 29.2 Å². The minimum Gasteiger partial charge on any atom is -0.483 e. The summed E-state index contributed by atoms with van der Waals surface area (Å²) in [5, 5.41) is 9.50. The van der Waals surface area contributed by atoms with Gasteiger partial charge < -0.3 is 16.2 Å². The van der Waals surface area contributed by atoms with Crippen LogP contribution in [0.4, 0.5) is 0 Å². The SMILES string of the molecule is CNC(=O)C[C@H]1CC[C@@H](CNS(=O)(=O)c2ccc(C(N)=O)cc2)N1C.O=CO. The number of sulfonamides is 1. The predicted molar refractivity (Wildman–Crippen MR) is 102 cm³/mol. The molecule has 0 aliphatic carbocycles. The van der Waals surface area contributed by atoms with Crippen molar-refractivity contribution in [3.63, 3.8) is 0 Å². The van der Waals surface area contributed by atoms with Gasteiger partial charge in [0.15, 0.2) is 0 Å². The van der Waals surface area contributed by atoms with Gasteiger partial charge in [-0.05, 0) is 44.2 Å². The van der Waals surface area contributed by atoms with Gasteiger partial charge in [0.2, 0.25) is 21.8 Å². The average molecular weight is 414 g/mol. The number of likely N-dealkylation sites (N-methyl/N-ethyl adjacent to an activating group) is 1. The third-order valence-electron chi connectivity index (χ3n) is 4.64. The van der Waals surface area contributed by atoms with E-state index >= 15 is 0 Å². The molecule has 156 valence electrons. The molecule has 0 spiro atoms. The van der Waals surface area contributed by atoms with Crippen molar-refractivity contribution in [3.8, 4) is 0 Å². The van der Waals surface area contributed by atoms with E-state index in [9.17, 15) is 18.0 Å². The zero-order valence-electron chi connectivity index (χ0n) is 15.8. The maximum absolute atomic E-state index is 12.4. The molecule has 0 saturated carbocycles. The van der Waals surface area contributed by atoms with Crippen LogP contribution in [0.3, 0.4) is 0 Å². The van der Waals surface area contributed by atoms with Crippen molar-refractivity contribution >= 4 is 28.3 Å². The molecular weight excluding hydrogens is 388 g/mol. The van der Waals surface area contributed by atoms with Gasteiger partial charge in [-0.2, -0.15) is 0 Å². The lowest BCUT2D eigenvalue weighted by molar-refractivity contribution is -0.123. The first-order valence-electron chi connectivity index (χ1n) is 8.56. The van der Waals surface area contributed by atoms with Crippen LogP contribution in [-0.2, 0) is 19.6 Å². The van der Waals surface area contributed by atoms with Gasteiger partial charge in [0.25, 0.3) is 6.47 Å². The van der Waals surface area contributed by atoms with Crippen LogP contribution >= 0.6 is 0 Å². The summed E-state index contributed by atoms with van der Waals surface area (Å²) in [6.07, 6.45) is 2.08. The number of amides is 2. The highest BCUT2D eigenvalue weighted by molar-refractivity contribution is 7.89. The molecule has 0 aromatic heterocycles. The lowest BCUT2D eigenvalue weighted by Crippen LogP contribution is -2.42. The summed E-state index contributed by atoms with van der Waals surface area (Å²) in [4.78, 5) is 33.1. The molecule has 1 aromatic carbocycles. The quantitative estimate of drug-likeness (QED) is 0.432. The number of rotatable bonds is 7. The Hall–Kier alpha value is -2.50. The highest BCUT2D eigenvalue weighted by Crippen LogP contribution is 2.24. The molecule has 10 nitrogen and oxygen atoms in total. The van der Waals surface area contributed by atoms with Crippen molar-refractivity contribution in [2.75, 3.05) is 20.6 Å². The Bertz CT molecular complexity index is 781. The summed E-state index contributed by atoms with van der Waals surface area (Å²) in [7, 11) is -0.159. The molecule has 5 N–H and O–H groups in total. The van der Waals surface area contributed by atoms with E-state index < -0.39 is 15.9 Å². The summed E-state index contributed by atoms with van der Waals surface area (Å²) >= 11 is 0. The zero-order valence-corrected chi connectivity index (χ0v) is 16.6. The number of benzene rings is 1. The van der Waals surface area contributed by atoms with Crippen molar-refractivity contribution in [3.05, 3.63) is 29.8 Å². The van der Waals surface area contributed by atoms with E-state index in [1.165, 1.54) is 24.3 Å². The number of carboxylic acid groups (broad SMARTS) is 1. The van der Waals surface area contributed by atoms with Gasteiger partial charge in [-0.1, -0.05) is 0 Å². The second-order valence-corrected chi connectivity index (χ2v) is 8.04. The van der Waals surface area contributed by atoms with E-state index in [-0.39, 0.29) is 41.5 Å². The maximum Gasteiger partial charge on any atom is 0.290 e. The molecule has 0 bridgehead atoms. The molecule has 1 aliphatic rings. The average Bonchev–Trinajstić information content (AvgIpc) is 3.00. The molecule has 1 heterocycles. The van der Waals surface area contributed by atoms with Crippen molar-refractivity contribution in [2.24, 2.45) is 5.73 Å². The molecule has 0 radical (unpaired) electrons. The molecule has 2 amide bonds. The van der Waals surface area contributed by atoms with Crippen LogP contribution in [0, 0.1) is 0 Å². The van der Waals surface area contributed by atoms with Crippen molar-refractivity contribution in [1.29, 1.82) is 0 Å². The zero-order chi connectivity index (χ0) is 21.3. The standard InChI is InChI=1S/C16H24N4O4S.CH2O2/c1-18-15(21)9-12-5-6-13(20(12)2)10-19-25(23,24)14-7-3-11(4-8-14)16(17)22;2-1-3/h3-4,7-8,12-13,19H,5-6,9-10H2,1-2H3,(H2,17,22)(H,18,21);1H,(H,2,3)/t12-,13+;/m1./s1. The van der Waals surface area contributed by atoms with E-state index in [1.807, 2.05) is 11.9 Å². The first-order chi connectivity index (χ1) is 13.2. The summed E-state index contributed by atoms with van der Waals surface area (Å²) in [5.74, 6) is -0.626. The molecule has 1 aliphatic heterocycles. The maximum atomic E-state index is 12.4. The minimum atomic E-state index is -3.67. The lowest BCUT2D eigenvalue weighted by atomic mass is 10.1. The summed E-state index contributed by atoms with van der Waals surface area (Å²) in [6, 6.07) is 5.64. The molecule has 1 fully saturated rings. The fourth-order valence-corrected chi connectivity index (χ4v) is 4.06. The molecule has 1 saturated heterocycles. The van der Waals surface area contributed by atoms with Crippen molar-refractivity contribution in [2.45, 2.75) is 36.2 Å². The highest BCUT2D eigenvalue weighted by Gasteiger charge is 2.32. The fourth-order valence-electron chi connectivity index (χ4n) is 2.99. The predicted octanol–water partition coefficient (Wildman–Crippen LogP) is -0.636. The number of hydrogen-bond donors (Lipinski definition) is 4. The Balaban J connectivity index is 0.00000122. The number of carbonyl (C=O) groups excluding carboxylic acids is 2. The number of hydrogen-bond acceptors (Lipinski definition) is 6. The van der Waals surface area contributed by atoms with Crippen LogP contribution in [0.2, 0.25) is 0 Å². The van der Waals surface area contributed by atoms with Gasteiger partial charge in [0.1, 0.15) is 0 Å². The number of primary amides is 1. The third kappa shape index (κ3) is 6.59. The summed E-state index contributed by atoms with van der Waals surface area (Å²) < 4.78 is 27.3. The van der Waals surface area contributed by atoms with E-state index in [4.69, 9.17) is 15.6 Å². The number of nitrogens with one attached hydrogen (secondary N) is 2. The molecule has 28 heavy (non-hydrogen) atoms. The monoisotopic (exact) mass is 414 g/mol. The van der Waals surface area contributed by atoms with Gasteiger partial charge in [-0.25, -0.2) is 13.1 Å². The molecule has 1 aromatic rings. The molecule has 11 heteroatoms. The van der Waals surface area contributed by atoms with Gasteiger partial charge in [-0.3, -0.25) is 19.3 Å². The second kappa shape index (κ2) is 10.7. The first kappa shape index (κ1) is 23.5. The Morgan fingerprint density at radius 3 is 2.29 bits per heavy atom. The molecular formula is C17H26N4O6S. The van der Waals surface area contributed by atoms with Crippen molar-refractivity contribution < 1.29 is 27.9 Å². The van der Waals surface area contributed by atoms with Crippen LogP contribution in [0.25, 0.3) is 0 Å². The van der Waals surface area contributed by atoms with Crippen LogP contribution < -0.4 is 15.8 Å². The van der Waals surface area contributed by atoms with E-state index in [2.05, 4.69) is 10.0 Å². The Morgan fingerprint density at radius 1 is 1.25 bits per heavy atom. The fraction of sp³-hybridized carbons (Fsp3) is 0.471. The minimum absolute atomic E-state index is 0.0207. The second-order valence-electron chi connectivity index (χ2n) is 6.27. The summed E-state index contributed by atoms with van der Waals surface area (Å²) in [5.41, 5.74) is 5.41. The highest BCUT2D eigenvalue weighted by atomic mass is 32.2. The first-order valence-corrected chi connectivity index (χ1v) is 10.0. The normalized spacial score (nSPS) is 19.4. The van der Waals surface area contributed by atoms with Crippen LogP contribution in [-0.4, -0.2) is 69.4 Å². The van der Waals surface area contributed by atoms with Gasteiger partial charge >= 0.3 is 0 Å². The topological polar surface area (TPSA) is 159 Å². The van der Waals surface area contributed by atoms with Crippen LogP contribution in [0.1, 0.15) is 29.6 Å². The van der Waals surface area contributed by atoms with Gasteiger partial charge in [-0.15, -0.1) is 0 Å². The number of nitrogens with zero attached hydrogens (tertiary/aromatic N) is 1. The third-order valence-corrected chi connectivity index (χ3v) is 6.08. The van der Waals surface area contributed by atoms with Crippen LogP contribution in [0.5, 0.6) is 0 Å². The Morgan fingerprint density at radius 2 is 1.79 bits per heavy atom. The molecule has 2 rings (SSSR count). The van der Waals surface area contributed by atoms with E-state index in [1.54, 1.807) is 7.05 Å². The Labute approximate surface area is 164 Å². The smallest absolute Gasteiger partial charge is 0.290 e. The molecule has 2 atom stereocenters. The van der Waals surface area contributed by atoms with E-state index in [0.717, 1.165) is 12.8 Å². The lowest BCUT2D eigenvalue weighted by Gasteiger charge is -2.25. The number of nitrogens with two attached hydrogens (primary N) is 1. The summed E-state index contributed by atoms with van der Waals surface area (Å²) in [6.45, 7) is 0.0145. The van der Waals surface area contributed by atoms with E-state index in [0.29, 0.717) is 6.42 Å². The van der Waals surface area contributed by atoms with Crippen molar-refractivity contribution in [1.82, 2.24) is 14.9 Å². The Kier molecular flexibility index (Phi) is 9.03.